The Morgan fingerprint density at radius 2 is 2.11 bits per heavy atom. The van der Waals surface area contributed by atoms with E-state index in [1.165, 1.54) is 7.11 Å². The normalized spacial score (nSPS) is 12.6. The maximum absolute atomic E-state index is 11.6. The molecule has 0 spiro atoms. The van der Waals surface area contributed by atoms with Crippen molar-refractivity contribution < 1.29 is 9.53 Å². The first kappa shape index (κ1) is 15.0. The second kappa shape index (κ2) is 6.76. The summed E-state index contributed by atoms with van der Waals surface area (Å²) in [7, 11) is 1.40. The van der Waals surface area contributed by atoms with Crippen molar-refractivity contribution in [2.45, 2.75) is 33.4 Å². The summed E-state index contributed by atoms with van der Waals surface area (Å²) in [6, 6.07) is 5.60. The Bertz CT molecular complexity index is 418. The van der Waals surface area contributed by atoms with Gasteiger partial charge in [-0.1, -0.05) is 37.6 Å². The Kier molecular flexibility index (Phi) is 5.63. The number of carbonyl (C=O) groups is 1. The molecule has 1 unspecified atom stereocenters. The van der Waals surface area contributed by atoms with Crippen LogP contribution in [0.4, 0.5) is 0 Å². The monoisotopic (exact) mass is 269 g/mol. The standard InChI is InChI=1S/C14H20ClNO2/c1-9(2)13(14(17)18-4)16-8-11-6-5-10(3)12(15)7-11/h5-7,9,13,16H,8H2,1-4H3. The maximum Gasteiger partial charge on any atom is 0.323 e. The Hall–Kier alpha value is -1.06. The van der Waals surface area contributed by atoms with Gasteiger partial charge in [0.25, 0.3) is 0 Å². The number of halogens is 1. The zero-order valence-electron chi connectivity index (χ0n) is 11.3. The summed E-state index contributed by atoms with van der Waals surface area (Å²) in [5, 5.41) is 3.94. The van der Waals surface area contributed by atoms with Crippen LogP contribution in [0.1, 0.15) is 25.0 Å². The third-order valence-electron chi connectivity index (χ3n) is 2.88. The molecule has 0 amide bonds. The van der Waals surface area contributed by atoms with Crippen LogP contribution in [-0.2, 0) is 16.1 Å². The van der Waals surface area contributed by atoms with Gasteiger partial charge in [-0.2, -0.15) is 0 Å². The summed E-state index contributed by atoms with van der Waals surface area (Å²) in [5.74, 6) is -0.0541. The molecule has 0 saturated carbocycles. The molecule has 1 N–H and O–H groups in total. The fourth-order valence-corrected chi connectivity index (χ4v) is 1.90. The van der Waals surface area contributed by atoms with E-state index in [1.54, 1.807) is 0 Å². The van der Waals surface area contributed by atoms with Crippen LogP contribution >= 0.6 is 11.6 Å². The molecule has 0 saturated heterocycles. The van der Waals surface area contributed by atoms with Crippen molar-refractivity contribution in [1.82, 2.24) is 5.32 Å². The average molecular weight is 270 g/mol. The number of ether oxygens (including phenoxy) is 1. The van der Waals surface area contributed by atoms with Gasteiger partial charge >= 0.3 is 5.97 Å². The third-order valence-corrected chi connectivity index (χ3v) is 3.29. The predicted octanol–water partition coefficient (Wildman–Crippen LogP) is 2.94. The summed E-state index contributed by atoms with van der Waals surface area (Å²) in [5.41, 5.74) is 2.11. The molecule has 0 aliphatic rings. The molecule has 1 rings (SSSR count). The minimum Gasteiger partial charge on any atom is -0.468 e. The molecular formula is C14H20ClNO2. The number of rotatable bonds is 5. The lowest BCUT2D eigenvalue weighted by atomic mass is 10.0. The molecule has 0 fully saturated rings. The molecule has 0 aliphatic carbocycles. The quantitative estimate of drug-likeness (QED) is 0.836. The highest BCUT2D eigenvalue weighted by Crippen LogP contribution is 2.17. The highest BCUT2D eigenvalue weighted by molar-refractivity contribution is 6.31. The highest BCUT2D eigenvalue weighted by atomic mass is 35.5. The highest BCUT2D eigenvalue weighted by Gasteiger charge is 2.21. The molecule has 100 valence electrons. The van der Waals surface area contributed by atoms with E-state index < -0.39 is 0 Å². The smallest absolute Gasteiger partial charge is 0.323 e. The molecular weight excluding hydrogens is 250 g/mol. The van der Waals surface area contributed by atoms with Crippen molar-refractivity contribution in [2.24, 2.45) is 5.92 Å². The van der Waals surface area contributed by atoms with Crippen LogP contribution in [0.25, 0.3) is 0 Å². The minimum absolute atomic E-state index is 0.179. The van der Waals surface area contributed by atoms with Crippen LogP contribution in [0.5, 0.6) is 0 Å². The number of methoxy groups -OCH3 is 1. The first-order valence-corrected chi connectivity index (χ1v) is 6.39. The number of hydrogen-bond donors (Lipinski definition) is 1. The third kappa shape index (κ3) is 4.00. The molecule has 0 aromatic heterocycles. The van der Waals surface area contributed by atoms with Gasteiger partial charge in [0.2, 0.25) is 0 Å². The molecule has 1 atom stereocenters. The lowest BCUT2D eigenvalue weighted by molar-refractivity contribution is -0.144. The van der Waals surface area contributed by atoms with Crippen molar-refractivity contribution >= 4 is 17.6 Å². The van der Waals surface area contributed by atoms with Crippen molar-refractivity contribution in [2.75, 3.05) is 7.11 Å². The van der Waals surface area contributed by atoms with E-state index in [4.69, 9.17) is 16.3 Å². The van der Waals surface area contributed by atoms with Crippen LogP contribution in [0.3, 0.4) is 0 Å². The molecule has 0 aliphatic heterocycles. The molecule has 4 heteroatoms. The van der Waals surface area contributed by atoms with Crippen molar-refractivity contribution in [3.8, 4) is 0 Å². The van der Waals surface area contributed by atoms with Crippen LogP contribution in [0.2, 0.25) is 5.02 Å². The molecule has 18 heavy (non-hydrogen) atoms. The van der Waals surface area contributed by atoms with Crippen molar-refractivity contribution in [1.29, 1.82) is 0 Å². The van der Waals surface area contributed by atoms with E-state index in [9.17, 15) is 4.79 Å². The van der Waals surface area contributed by atoms with Crippen LogP contribution in [0.15, 0.2) is 18.2 Å². The number of aryl methyl sites for hydroxylation is 1. The largest absolute Gasteiger partial charge is 0.468 e. The maximum atomic E-state index is 11.6. The summed E-state index contributed by atoms with van der Waals surface area (Å²) in [6.07, 6.45) is 0. The zero-order valence-corrected chi connectivity index (χ0v) is 12.0. The average Bonchev–Trinajstić information content (AvgIpc) is 2.33. The number of hydrogen-bond acceptors (Lipinski definition) is 3. The first-order valence-electron chi connectivity index (χ1n) is 6.02. The first-order chi connectivity index (χ1) is 8.45. The Morgan fingerprint density at radius 3 is 2.61 bits per heavy atom. The molecule has 1 aromatic carbocycles. The Labute approximate surface area is 113 Å². The second-order valence-electron chi connectivity index (χ2n) is 4.71. The molecule has 3 nitrogen and oxygen atoms in total. The summed E-state index contributed by atoms with van der Waals surface area (Å²) < 4.78 is 4.78. The van der Waals surface area contributed by atoms with E-state index in [-0.39, 0.29) is 17.9 Å². The lowest BCUT2D eigenvalue weighted by Gasteiger charge is -2.20. The van der Waals surface area contributed by atoms with E-state index in [0.29, 0.717) is 6.54 Å². The Morgan fingerprint density at radius 1 is 1.44 bits per heavy atom. The van der Waals surface area contributed by atoms with Gasteiger partial charge in [0.15, 0.2) is 0 Å². The van der Waals surface area contributed by atoms with E-state index in [0.717, 1.165) is 16.1 Å². The second-order valence-corrected chi connectivity index (χ2v) is 5.12. The van der Waals surface area contributed by atoms with E-state index >= 15 is 0 Å². The summed E-state index contributed by atoms with van der Waals surface area (Å²) in [6.45, 7) is 6.52. The van der Waals surface area contributed by atoms with Gasteiger partial charge in [-0.15, -0.1) is 0 Å². The molecule has 0 heterocycles. The van der Waals surface area contributed by atoms with Gasteiger partial charge in [0.1, 0.15) is 6.04 Å². The topological polar surface area (TPSA) is 38.3 Å². The summed E-state index contributed by atoms with van der Waals surface area (Å²) in [4.78, 5) is 11.6. The fourth-order valence-electron chi connectivity index (χ4n) is 1.69. The van der Waals surface area contributed by atoms with Crippen molar-refractivity contribution in [3.63, 3.8) is 0 Å². The van der Waals surface area contributed by atoms with Crippen molar-refractivity contribution in [3.05, 3.63) is 34.3 Å². The van der Waals surface area contributed by atoms with Crippen LogP contribution in [-0.4, -0.2) is 19.1 Å². The van der Waals surface area contributed by atoms with Gasteiger partial charge in [0, 0.05) is 11.6 Å². The number of benzene rings is 1. The zero-order chi connectivity index (χ0) is 13.7. The minimum atomic E-state index is -0.296. The van der Waals surface area contributed by atoms with Crippen LogP contribution < -0.4 is 5.32 Å². The van der Waals surface area contributed by atoms with Gasteiger partial charge in [-0.3, -0.25) is 4.79 Å². The molecule has 1 aromatic rings. The van der Waals surface area contributed by atoms with Gasteiger partial charge in [-0.25, -0.2) is 0 Å². The number of carbonyl (C=O) groups excluding carboxylic acids is 1. The van der Waals surface area contributed by atoms with E-state index in [2.05, 4.69) is 5.32 Å². The number of esters is 1. The SMILES string of the molecule is COC(=O)C(NCc1ccc(C)c(Cl)c1)C(C)C. The van der Waals surface area contributed by atoms with E-state index in [1.807, 2.05) is 39.0 Å². The number of nitrogens with one attached hydrogen (secondary N) is 1. The lowest BCUT2D eigenvalue weighted by Crippen LogP contribution is -2.41. The molecule has 0 radical (unpaired) electrons. The fraction of sp³-hybridized carbons (Fsp3) is 0.500. The molecule has 0 bridgehead atoms. The van der Waals surface area contributed by atoms with Gasteiger partial charge in [-0.05, 0) is 30.0 Å². The van der Waals surface area contributed by atoms with Crippen LogP contribution in [0, 0.1) is 12.8 Å². The summed E-state index contributed by atoms with van der Waals surface area (Å²) >= 11 is 6.06. The Balaban J connectivity index is 2.67. The predicted molar refractivity (Wildman–Crippen MR) is 73.7 cm³/mol. The van der Waals surface area contributed by atoms with Gasteiger partial charge < -0.3 is 10.1 Å². The van der Waals surface area contributed by atoms with Gasteiger partial charge in [0.05, 0.1) is 7.11 Å².